The number of aromatic nitrogens is 1. The summed E-state index contributed by atoms with van der Waals surface area (Å²) in [6.45, 7) is 2.18. The normalized spacial score (nSPS) is 17.7. The van der Waals surface area contributed by atoms with Gasteiger partial charge in [-0.2, -0.15) is 0 Å². The predicted molar refractivity (Wildman–Crippen MR) is 94.0 cm³/mol. The zero-order valence-electron chi connectivity index (χ0n) is 13.0. The van der Waals surface area contributed by atoms with Crippen LogP contribution in [0.3, 0.4) is 0 Å². The quantitative estimate of drug-likeness (QED) is 0.780. The van der Waals surface area contributed by atoms with Crippen molar-refractivity contribution in [2.45, 2.75) is 18.8 Å². The van der Waals surface area contributed by atoms with Gasteiger partial charge in [-0.3, -0.25) is 4.79 Å². The number of fused-ring (bicyclic) bond motifs is 1. The molecule has 0 spiro atoms. The van der Waals surface area contributed by atoms with Gasteiger partial charge in [0.05, 0.1) is 0 Å². The highest BCUT2D eigenvalue weighted by molar-refractivity contribution is 5.78. The van der Waals surface area contributed by atoms with E-state index in [1.807, 2.05) is 30.3 Å². The first-order valence-electron chi connectivity index (χ1n) is 8.20. The molecule has 0 amide bonds. The lowest BCUT2D eigenvalue weighted by atomic mass is 9.96. The summed E-state index contributed by atoms with van der Waals surface area (Å²) >= 11 is 0. The third-order valence-corrected chi connectivity index (χ3v) is 4.74. The molecular weight excluding hydrogens is 284 g/mol. The van der Waals surface area contributed by atoms with Crippen LogP contribution in [-0.4, -0.2) is 18.1 Å². The topological polar surface area (TPSA) is 44.9 Å². The SMILES string of the molecule is O=c1[nH]c2ccccc2cc1Cc1ccc(C2CCNC2)cc1. The van der Waals surface area contributed by atoms with Crippen LogP contribution < -0.4 is 10.9 Å². The number of hydrogen-bond donors (Lipinski definition) is 2. The Balaban J connectivity index is 1.60. The van der Waals surface area contributed by atoms with Crippen LogP contribution in [0, 0.1) is 0 Å². The van der Waals surface area contributed by atoms with E-state index in [1.54, 1.807) is 0 Å². The molecule has 1 saturated heterocycles. The number of H-pyrrole nitrogens is 1. The van der Waals surface area contributed by atoms with Gasteiger partial charge in [-0.25, -0.2) is 0 Å². The van der Waals surface area contributed by atoms with E-state index >= 15 is 0 Å². The summed E-state index contributed by atoms with van der Waals surface area (Å²) in [6, 6.07) is 18.6. The Morgan fingerprint density at radius 2 is 1.87 bits per heavy atom. The van der Waals surface area contributed by atoms with Crippen molar-refractivity contribution in [3.8, 4) is 0 Å². The molecule has 0 saturated carbocycles. The average molecular weight is 304 g/mol. The minimum atomic E-state index is 0.00719. The number of rotatable bonds is 3. The Morgan fingerprint density at radius 3 is 2.65 bits per heavy atom. The molecule has 2 aromatic carbocycles. The minimum absolute atomic E-state index is 0.00719. The van der Waals surface area contributed by atoms with Crippen molar-refractivity contribution < 1.29 is 0 Å². The first kappa shape index (κ1) is 14.2. The van der Waals surface area contributed by atoms with Crippen molar-refractivity contribution in [2.24, 2.45) is 0 Å². The molecule has 2 N–H and O–H groups in total. The molecule has 1 atom stereocenters. The van der Waals surface area contributed by atoms with Gasteiger partial charge >= 0.3 is 0 Å². The fraction of sp³-hybridized carbons (Fsp3) is 0.250. The van der Waals surface area contributed by atoms with Crippen molar-refractivity contribution >= 4 is 10.9 Å². The molecule has 0 bridgehead atoms. The van der Waals surface area contributed by atoms with E-state index in [9.17, 15) is 4.79 Å². The zero-order valence-corrected chi connectivity index (χ0v) is 13.0. The molecular formula is C20H20N2O. The van der Waals surface area contributed by atoms with Gasteiger partial charge in [0.15, 0.2) is 0 Å². The number of nitrogens with one attached hydrogen (secondary N) is 2. The van der Waals surface area contributed by atoms with Gasteiger partial charge in [-0.15, -0.1) is 0 Å². The Bertz CT molecular complexity index is 874. The van der Waals surface area contributed by atoms with Crippen LogP contribution in [0.5, 0.6) is 0 Å². The van der Waals surface area contributed by atoms with E-state index in [4.69, 9.17) is 0 Å². The number of hydrogen-bond acceptors (Lipinski definition) is 2. The summed E-state index contributed by atoms with van der Waals surface area (Å²) in [6.07, 6.45) is 1.88. The van der Waals surface area contributed by atoms with Crippen molar-refractivity contribution in [1.29, 1.82) is 0 Å². The summed E-state index contributed by atoms with van der Waals surface area (Å²) in [5.74, 6) is 0.633. The fourth-order valence-electron chi connectivity index (χ4n) is 3.39. The highest BCUT2D eigenvalue weighted by atomic mass is 16.1. The highest BCUT2D eigenvalue weighted by Gasteiger charge is 2.16. The van der Waals surface area contributed by atoms with Crippen LogP contribution in [0.1, 0.15) is 29.0 Å². The molecule has 23 heavy (non-hydrogen) atoms. The second-order valence-electron chi connectivity index (χ2n) is 6.32. The van der Waals surface area contributed by atoms with Crippen molar-refractivity contribution in [1.82, 2.24) is 10.3 Å². The third kappa shape index (κ3) is 2.92. The fourth-order valence-corrected chi connectivity index (χ4v) is 3.39. The maximum atomic E-state index is 12.2. The Morgan fingerprint density at radius 1 is 1.04 bits per heavy atom. The number of para-hydroxylation sites is 1. The molecule has 2 heterocycles. The molecule has 1 aliphatic rings. The van der Waals surface area contributed by atoms with Crippen LogP contribution in [0.4, 0.5) is 0 Å². The second-order valence-corrected chi connectivity index (χ2v) is 6.32. The lowest BCUT2D eigenvalue weighted by Crippen LogP contribution is -2.12. The van der Waals surface area contributed by atoms with Crippen molar-refractivity contribution in [3.05, 3.63) is 81.6 Å². The van der Waals surface area contributed by atoms with Crippen LogP contribution in [0.2, 0.25) is 0 Å². The van der Waals surface area contributed by atoms with E-state index in [0.29, 0.717) is 12.3 Å². The summed E-state index contributed by atoms with van der Waals surface area (Å²) in [4.78, 5) is 15.2. The van der Waals surface area contributed by atoms with E-state index in [2.05, 4.69) is 34.6 Å². The number of aromatic amines is 1. The smallest absolute Gasteiger partial charge is 0.251 e. The average Bonchev–Trinajstić information content (AvgIpc) is 3.11. The third-order valence-electron chi connectivity index (χ3n) is 4.74. The number of benzene rings is 2. The van der Waals surface area contributed by atoms with Gasteiger partial charge in [0.2, 0.25) is 0 Å². The first-order valence-corrected chi connectivity index (χ1v) is 8.20. The molecule has 1 aliphatic heterocycles. The van der Waals surface area contributed by atoms with Crippen LogP contribution in [0.15, 0.2) is 59.4 Å². The second kappa shape index (κ2) is 6.01. The van der Waals surface area contributed by atoms with Gasteiger partial charge in [0.1, 0.15) is 0 Å². The molecule has 1 aromatic heterocycles. The van der Waals surface area contributed by atoms with E-state index in [1.165, 1.54) is 17.5 Å². The van der Waals surface area contributed by atoms with Crippen molar-refractivity contribution in [2.75, 3.05) is 13.1 Å². The summed E-state index contributed by atoms with van der Waals surface area (Å²) < 4.78 is 0. The van der Waals surface area contributed by atoms with Crippen LogP contribution in [-0.2, 0) is 6.42 Å². The standard InChI is InChI=1S/C20H20N2O/c23-20-18(12-16-3-1-2-4-19(16)22-20)11-14-5-7-15(8-6-14)17-9-10-21-13-17/h1-8,12,17,21H,9-11,13H2,(H,22,23). The molecule has 116 valence electrons. The largest absolute Gasteiger partial charge is 0.322 e. The molecule has 1 fully saturated rings. The molecule has 4 rings (SSSR count). The molecule has 0 radical (unpaired) electrons. The Kier molecular flexibility index (Phi) is 3.72. The van der Waals surface area contributed by atoms with Crippen LogP contribution >= 0.6 is 0 Å². The molecule has 1 unspecified atom stereocenters. The lowest BCUT2D eigenvalue weighted by molar-refractivity contribution is 0.763. The molecule has 3 nitrogen and oxygen atoms in total. The first-order chi connectivity index (χ1) is 11.3. The monoisotopic (exact) mass is 304 g/mol. The van der Waals surface area contributed by atoms with E-state index in [0.717, 1.165) is 29.6 Å². The maximum absolute atomic E-state index is 12.2. The van der Waals surface area contributed by atoms with Gasteiger partial charge in [-0.05, 0) is 47.5 Å². The van der Waals surface area contributed by atoms with Crippen LogP contribution in [0.25, 0.3) is 10.9 Å². The van der Waals surface area contributed by atoms with E-state index in [-0.39, 0.29) is 5.56 Å². The van der Waals surface area contributed by atoms with Gasteiger partial charge in [0.25, 0.3) is 5.56 Å². The Labute approximate surface area is 135 Å². The summed E-state index contributed by atoms with van der Waals surface area (Å²) in [7, 11) is 0. The highest BCUT2D eigenvalue weighted by Crippen LogP contribution is 2.23. The predicted octanol–water partition coefficient (Wildman–Crippen LogP) is 3.20. The van der Waals surface area contributed by atoms with Crippen molar-refractivity contribution in [3.63, 3.8) is 0 Å². The number of pyridine rings is 1. The van der Waals surface area contributed by atoms with E-state index < -0.39 is 0 Å². The van der Waals surface area contributed by atoms with Gasteiger partial charge < -0.3 is 10.3 Å². The summed E-state index contributed by atoms with van der Waals surface area (Å²) in [5, 5.41) is 4.48. The minimum Gasteiger partial charge on any atom is -0.322 e. The lowest BCUT2D eigenvalue weighted by Gasteiger charge is -2.10. The molecule has 3 aromatic rings. The zero-order chi connectivity index (χ0) is 15.6. The van der Waals surface area contributed by atoms with Gasteiger partial charge in [0, 0.05) is 24.0 Å². The Hall–Kier alpha value is -2.39. The van der Waals surface area contributed by atoms with Gasteiger partial charge in [-0.1, -0.05) is 42.5 Å². The maximum Gasteiger partial charge on any atom is 0.251 e. The molecule has 3 heteroatoms. The summed E-state index contributed by atoms with van der Waals surface area (Å²) in [5.41, 5.74) is 4.30. The molecule has 0 aliphatic carbocycles.